The molecule has 0 unspecified atom stereocenters. The molecule has 1 fully saturated rings. The summed E-state index contributed by atoms with van der Waals surface area (Å²) in [4.78, 5) is 23.5. The fourth-order valence-corrected chi connectivity index (χ4v) is 1.94. The van der Waals surface area contributed by atoms with Gasteiger partial charge < -0.3 is 19.5 Å². The van der Waals surface area contributed by atoms with Crippen LogP contribution in [0.25, 0.3) is 0 Å². The van der Waals surface area contributed by atoms with Crippen LogP contribution in [0.5, 0.6) is 5.75 Å². The predicted octanol–water partition coefficient (Wildman–Crippen LogP) is 1.67. The van der Waals surface area contributed by atoms with Gasteiger partial charge in [-0.25, -0.2) is 4.79 Å². The van der Waals surface area contributed by atoms with E-state index in [2.05, 4.69) is 5.32 Å². The maximum Gasteiger partial charge on any atom is 0.338 e. The molecule has 0 atom stereocenters. The van der Waals surface area contributed by atoms with Gasteiger partial charge >= 0.3 is 5.97 Å². The van der Waals surface area contributed by atoms with E-state index in [1.807, 2.05) is 6.92 Å². The monoisotopic (exact) mass is 307 g/mol. The molecule has 6 heteroatoms. The van der Waals surface area contributed by atoms with Crippen LogP contribution in [0.3, 0.4) is 0 Å². The van der Waals surface area contributed by atoms with E-state index in [1.54, 1.807) is 25.3 Å². The first-order valence-electron chi connectivity index (χ1n) is 7.35. The lowest BCUT2D eigenvalue weighted by Gasteiger charge is -2.11. The average molecular weight is 307 g/mol. The van der Waals surface area contributed by atoms with Crippen LogP contribution in [0.2, 0.25) is 0 Å². The van der Waals surface area contributed by atoms with Crippen molar-refractivity contribution >= 4 is 11.9 Å². The first-order chi connectivity index (χ1) is 10.6. The van der Waals surface area contributed by atoms with Crippen molar-refractivity contribution in [1.29, 1.82) is 0 Å². The SMILES string of the molecule is CCOCc1cc(C(=O)OCC(=O)NC2CC2)ccc1OC. The number of esters is 1. The molecule has 0 saturated heterocycles. The Bertz CT molecular complexity index is 539. The van der Waals surface area contributed by atoms with Gasteiger partial charge in [0.1, 0.15) is 5.75 Å². The van der Waals surface area contributed by atoms with Gasteiger partial charge in [0.05, 0.1) is 19.3 Å². The van der Waals surface area contributed by atoms with E-state index >= 15 is 0 Å². The lowest BCUT2D eigenvalue weighted by atomic mass is 10.1. The molecule has 1 aliphatic carbocycles. The highest BCUT2D eigenvalue weighted by Crippen LogP contribution is 2.21. The van der Waals surface area contributed by atoms with Crippen molar-refractivity contribution in [2.24, 2.45) is 0 Å². The molecule has 22 heavy (non-hydrogen) atoms. The molecule has 0 aliphatic heterocycles. The highest BCUT2D eigenvalue weighted by Gasteiger charge is 2.23. The summed E-state index contributed by atoms with van der Waals surface area (Å²) < 4.78 is 15.6. The standard InChI is InChI=1S/C16H21NO5/c1-3-21-9-12-8-11(4-7-14(12)20-2)16(19)22-10-15(18)17-13-5-6-13/h4,7-8,13H,3,5-6,9-10H2,1-2H3,(H,17,18). The number of methoxy groups -OCH3 is 1. The third kappa shape index (κ3) is 4.73. The summed E-state index contributed by atoms with van der Waals surface area (Å²) in [5.74, 6) is -0.151. The first-order valence-corrected chi connectivity index (χ1v) is 7.35. The predicted molar refractivity (Wildman–Crippen MR) is 79.8 cm³/mol. The minimum atomic E-state index is -0.536. The Balaban J connectivity index is 1.94. The van der Waals surface area contributed by atoms with Crippen LogP contribution >= 0.6 is 0 Å². The van der Waals surface area contributed by atoms with Gasteiger partial charge in [-0.1, -0.05) is 0 Å². The second-order valence-corrected chi connectivity index (χ2v) is 5.08. The summed E-state index contributed by atoms with van der Waals surface area (Å²) in [6.07, 6.45) is 2.00. The van der Waals surface area contributed by atoms with E-state index in [1.165, 1.54) is 0 Å². The summed E-state index contributed by atoms with van der Waals surface area (Å²) in [7, 11) is 1.56. The molecule has 6 nitrogen and oxygen atoms in total. The quantitative estimate of drug-likeness (QED) is 0.740. The van der Waals surface area contributed by atoms with Crippen LogP contribution < -0.4 is 10.1 Å². The number of carbonyl (C=O) groups excluding carboxylic acids is 2. The molecule has 1 aliphatic rings. The highest BCUT2D eigenvalue weighted by atomic mass is 16.5. The molecule has 0 aromatic heterocycles. The fourth-order valence-electron chi connectivity index (χ4n) is 1.94. The number of carbonyl (C=O) groups is 2. The van der Waals surface area contributed by atoms with Gasteiger partial charge in [0, 0.05) is 18.2 Å². The molecule has 0 radical (unpaired) electrons. The first kappa shape index (κ1) is 16.3. The molecule has 2 rings (SSSR count). The van der Waals surface area contributed by atoms with Gasteiger partial charge in [0.2, 0.25) is 0 Å². The Morgan fingerprint density at radius 1 is 1.32 bits per heavy atom. The Labute approximate surface area is 129 Å². The van der Waals surface area contributed by atoms with Gasteiger partial charge in [-0.15, -0.1) is 0 Å². The van der Waals surface area contributed by atoms with Crippen LogP contribution in [0, 0.1) is 0 Å². The van der Waals surface area contributed by atoms with Crippen molar-refractivity contribution in [2.75, 3.05) is 20.3 Å². The molecule has 120 valence electrons. The Morgan fingerprint density at radius 2 is 2.09 bits per heavy atom. The molecule has 0 heterocycles. The molecule has 0 spiro atoms. The zero-order valence-electron chi connectivity index (χ0n) is 12.9. The van der Waals surface area contributed by atoms with Gasteiger partial charge in [-0.05, 0) is 38.0 Å². The Morgan fingerprint density at radius 3 is 2.73 bits per heavy atom. The van der Waals surface area contributed by atoms with E-state index in [0.717, 1.165) is 18.4 Å². The normalized spacial score (nSPS) is 13.5. The summed E-state index contributed by atoms with van der Waals surface area (Å²) in [5, 5.41) is 2.76. The molecular formula is C16H21NO5. The lowest BCUT2D eigenvalue weighted by molar-refractivity contribution is -0.124. The topological polar surface area (TPSA) is 73.9 Å². The molecule has 0 bridgehead atoms. The third-order valence-corrected chi connectivity index (χ3v) is 3.25. The van der Waals surface area contributed by atoms with Crippen LogP contribution in [-0.4, -0.2) is 38.2 Å². The van der Waals surface area contributed by atoms with Crippen LogP contribution in [0.4, 0.5) is 0 Å². The zero-order chi connectivity index (χ0) is 15.9. The van der Waals surface area contributed by atoms with Crippen molar-refractivity contribution < 1.29 is 23.8 Å². The molecule has 1 amide bonds. The van der Waals surface area contributed by atoms with Gasteiger partial charge in [-0.2, -0.15) is 0 Å². The lowest BCUT2D eigenvalue weighted by Crippen LogP contribution is -2.30. The summed E-state index contributed by atoms with van der Waals surface area (Å²) in [6, 6.07) is 5.21. The summed E-state index contributed by atoms with van der Waals surface area (Å²) in [6.45, 7) is 2.55. The smallest absolute Gasteiger partial charge is 0.338 e. The van der Waals surface area contributed by atoms with E-state index in [4.69, 9.17) is 14.2 Å². The van der Waals surface area contributed by atoms with E-state index in [9.17, 15) is 9.59 Å². The largest absolute Gasteiger partial charge is 0.496 e. The Hall–Kier alpha value is -2.08. The van der Waals surface area contributed by atoms with Crippen molar-refractivity contribution in [1.82, 2.24) is 5.32 Å². The van der Waals surface area contributed by atoms with Crippen molar-refractivity contribution in [3.8, 4) is 5.75 Å². The zero-order valence-corrected chi connectivity index (χ0v) is 12.9. The maximum absolute atomic E-state index is 12.0. The molecule has 1 aromatic rings. The summed E-state index contributed by atoms with van der Waals surface area (Å²) >= 11 is 0. The number of amides is 1. The minimum Gasteiger partial charge on any atom is -0.496 e. The second-order valence-electron chi connectivity index (χ2n) is 5.08. The molecule has 1 aromatic carbocycles. The summed E-state index contributed by atoms with van der Waals surface area (Å²) in [5.41, 5.74) is 1.14. The number of benzene rings is 1. The van der Waals surface area contributed by atoms with Gasteiger partial charge in [-0.3, -0.25) is 4.79 Å². The number of ether oxygens (including phenoxy) is 3. The number of hydrogen-bond donors (Lipinski definition) is 1. The number of nitrogens with one attached hydrogen (secondary N) is 1. The third-order valence-electron chi connectivity index (χ3n) is 3.25. The highest BCUT2D eigenvalue weighted by molar-refractivity contribution is 5.91. The van der Waals surface area contributed by atoms with E-state index in [0.29, 0.717) is 24.5 Å². The second kappa shape index (κ2) is 7.79. The van der Waals surface area contributed by atoms with E-state index in [-0.39, 0.29) is 18.6 Å². The maximum atomic E-state index is 12.0. The van der Waals surface area contributed by atoms with Crippen molar-refractivity contribution in [3.63, 3.8) is 0 Å². The van der Waals surface area contributed by atoms with Gasteiger partial charge in [0.15, 0.2) is 6.61 Å². The average Bonchev–Trinajstić information content (AvgIpc) is 3.34. The van der Waals surface area contributed by atoms with Crippen molar-refractivity contribution in [3.05, 3.63) is 29.3 Å². The minimum absolute atomic E-state index is 0.255. The van der Waals surface area contributed by atoms with Crippen molar-refractivity contribution in [2.45, 2.75) is 32.4 Å². The van der Waals surface area contributed by atoms with Crippen LogP contribution in [0.15, 0.2) is 18.2 Å². The van der Waals surface area contributed by atoms with E-state index < -0.39 is 5.97 Å². The van der Waals surface area contributed by atoms with Crippen LogP contribution in [-0.2, 0) is 20.9 Å². The Kier molecular flexibility index (Phi) is 5.77. The molecule has 1 saturated carbocycles. The molecular weight excluding hydrogens is 286 g/mol. The number of rotatable bonds is 8. The van der Waals surface area contributed by atoms with Crippen LogP contribution in [0.1, 0.15) is 35.7 Å². The molecule has 1 N–H and O–H groups in total. The fraction of sp³-hybridized carbons (Fsp3) is 0.500. The number of hydrogen-bond acceptors (Lipinski definition) is 5. The van der Waals surface area contributed by atoms with Gasteiger partial charge in [0.25, 0.3) is 5.91 Å².